The Hall–Kier alpha value is -2.93. The second-order valence-corrected chi connectivity index (χ2v) is 7.55. The van der Waals surface area contributed by atoms with E-state index in [1.165, 1.54) is 30.8 Å². The number of aromatic nitrogens is 3. The monoisotopic (exact) mass is 398 g/mol. The van der Waals surface area contributed by atoms with Gasteiger partial charge in [-0.25, -0.2) is 9.78 Å². The zero-order valence-corrected chi connectivity index (χ0v) is 16.2. The maximum absolute atomic E-state index is 12.8. The molecule has 0 spiro atoms. The van der Waals surface area contributed by atoms with Crippen molar-refractivity contribution in [1.29, 1.82) is 0 Å². The number of aryl methyl sites for hydroxylation is 1. The second-order valence-electron chi connectivity index (χ2n) is 7.11. The average Bonchev–Trinajstić information content (AvgIpc) is 3.54. The van der Waals surface area contributed by atoms with Crippen LogP contribution in [0.15, 0.2) is 46.0 Å². The number of rotatable bonds is 4. The van der Waals surface area contributed by atoms with Crippen molar-refractivity contribution in [2.24, 2.45) is 20.0 Å². The highest BCUT2D eigenvalue weighted by Gasteiger charge is 2.33. The van der Waals surface area contributed by atoms with Crippen molar-refractivity contribution >= 4 is 28.5 Å². The predicted molar refractivity (Wildman–Crippen MR) is 107 cm³/mol. The van der Waals surface area contributed by atoms with E-state index in [1.54, 1.807) is 12.1 Å². The number of nitrogens with one attached hydrogen (secondary N) is 1. The third kappa shape index (κ3) is 3.22. The van der Waals surface area contributed by atoms with Crippen molar-refractivity contribution < 1.29 is 4.79 Å². The maximum atomic E-state index is 12.8. The molecule has 0 radical (unpaired) electrons. The van der Waals surface area contributed by atoms with Crippen LogP contribution in [0.1, 0.15) is 34.9 Å². The molecule has 1 amide bonds. The molecule has 1 atom stereocenters. The van der Waals surface area contributed by atoms with E-state index in [9.17, 15) is 14.4 Å². The topological polar surface area (TPSA) is 86.0 Å². The highest BCUT2D eigenvalue weighted by atomic mass is 35.5. The summed E-state index contributed by atoms with van der Waals surface area (Å²) >= 11 is 5.97. The summed E-state index contributed by atoms with van der Waals surface area (Å²) in [6.07, 6.45) is 2.09. The first kappa shape index (κ1) is 18.4. The summed E-state index contributed by atoms with van der Waals surface area (Å²) < 4.78 is 2.29. The number of halogens is 1. The molecule has 1 unspecified atom stereocenters. The summed E-state index contributed by atoms with van der Waals surface area (Å²) in [5.74, 6) is 0.0316. The third-order valence-electron chi connectivity index (χ3n) is 5.14. The standard InChI is InChI=1S/C20H19ClN4O3/c1-24-17-14(19(27)25(2)20(24)28)9-10-15(22-17)18(26)23-16(11-3-4-11)12-5-7-13(21)8-6-12/h5-11,16H,3-4H2,1-2H3,(H,23,26). The Kier molecular flexibility index (Phi) is 4.55. The number of fused-ring (bicyclic) bond motifs is 1. The van der Waals surface area contributed by atoms with Gasteiger partial charge in [0.15, 0.2) is 0 Å². The fourth-order valence-corrected chi connectivity index (χ4v) is 3.49. The van der Waals surface area contributed by atoms with Crippen LogP contribution < -0.4 is 16.6 Å². The largest absolute Gasteiger partial charge is 0.344 e. The third-order valence-corrected chi connectivity index (χ3v) is 5.40. The van der Waals surface area contributed by atoms with Gasteiger partial charge >= 0.3 is 5.69 Å². The molecule has 1 N–H and O–H groups in total. The first-order valence-electron chi connectivity index (χ1n) is 9.00. The molecule has 28 heavy (non-hydrogen) atoms. The predicted octanol–water partition coefficient (Wildman–Crippen LogP) is 2.17. The molecule has 2 aromatic heterocycles. The smallest absolute Gasteiger partial charge is 0.332 e. The minimum absolute atomic E-state index is 0.130. The molecule has 4 rings (SSSR count). The van der Waals surface area contributed by atoms with Gasteiger partial charge in [0.2, 0.25) is 0 Å². The van der Waals surface area contributed by atoms with E-state index in [0.717, 1.165) is 23.0 Å². The molecule has 2 heterocycles. The molecule has 1 aliphatic carbocycles. The van der Waals surface area contributed by atoms with Gasteiger partial charge in [-0.1, -0.05) is 23.7 Å². The van der Waals surface area contributed by atoms with Crippen LogP contribution in [-0.4, -0.2) is 20.0 Å². The Balaban J connectivity index is 1.69. The molecule has 8 heteroatoms. The Morgan fingerprint density at radius 2 is 1.79 bits per heavy atom. The fraction of sp³-hybridized carbons (Fsp3) is 0.300. The lowest BCUT2D eigenvalue weighted by Gasteiger charge is -2.19. The Labute approximate surface area is 165 Å². The lowest BCUT2D eigenvalue weighted by atomic mass is 10.0. The lowest BCUT2D eigenvalue weighted by Crippen LogP contribution is -2.37. The SMILES string of the molecule is Cn1c(=O)c2ccc(C(=O)NC(c3ccc(Cl)cc3)C3CC3)nc2n(C)c1=O. The number of pyridine rings is 1. The Morgan fingerprint density at radius 3 is 2.43 bits per heavy atom. The summed E-state index contributed by atoms with van der Waals surface area (Å²) in [6.45, 7) is 0. The minimum atomic E-state index is -0.487. The van der Waals surface area contributed by atoms with Crippen molar-refractivity contribution in [3.63, 3.8) is 0 Å². The minimum Gasteiger partial charge on any atom is -0.344 e. The summed E-state index contributed by atoms with van der Waals surface area (Å²) in [6, 6.07) is 10.3. The summed E-state index contributed by atoms with van der Waals surface area (Å²) in [4.78, 5) is 41.6. The molecule has 1 aliphatic rings. The van der Waals surface area contributed by atoms with Crippen LogP contribution in [0.4, 0.5) is 0 Å². The van der Waals surface area contributed by atoms with E-state index < -0.39 is 11.2 Å². The van der Waals surface area contributed by atoms with Gasteiger partial charge in [-0.3, -0.25) is 18.7 Å². The molecule has 0 aliphatic heterocycles. The van der Waals surface area contributed by atoms with Gasteiger partial charge in [-0.15, -0.1) is 0 Å². The number of nitrogens with zero attached hydrogens (tertiary/aromatic N) is 3. The normalized spacial score (nSPS) is 14.8. The van der Waals surface area contributed by atoms with E-state index in [1.807, 2.05) is 12.1 Å². The van der Waals surface area contributed by atoms with Crippen molar-refractivity contribution in [3.05, 3.63) is 73.5 Å². The summed E-state index contributed by atoms with van der Waals surface area (Å²) in [7, 11) is 2.94. The van der Waals surface area contributed by atoms with E-state index in [2.05, 4.69) is 10.3 Å². The van der Waals surface area contributed by atoms with E-state index in [0.29, 0.717) is 10.9 Å². The zero-order chi connectivity index (χ0) is 20.0. The molecule has 7 nitrogen and oxygen atoms in total. The summed E-state index contributed by atoms with van der Waals surface area (Å²) in [5.41, 5.74) is 0.419. The summed E-state index contributed by atoms with van der Waals surface area (Å²) in [5, 5.41) is 3.97. The van der Waals surface area contributed by atoms with Crippen molar-refractivity contribution in [3.8, 4) is 0 Å². The molecule has 0 saturated heterocycles. The molecule has 0 bridgehead atoms. The van der Waals surface area contributed by atoms with Gasteiger partial charge in [0.25, 0.3) is 11.5 Å². The zero-order valence-electron chi connectivity index (χ0n) is 15.5. The van der Waals surface area contributed by atoms with E-state index in [-0.39, 0.29) is 28.7 Å². The van der Waals surface area contributed by atoms with Crippen LogP contribution >= 0.6 is 11.6 Å². The van der Waals surface area contributed by atoms with Crippen molar-refractivity contribution in [2.45, 2.75) is 18.9 Å². The Bertz CT molecular complexity index is 1190. The quantitative estimate of drug-likeness (QED) is 0.729. The molecule has 1 fully saturated rings. The van der Waals surface area contributed by atoms with Crippen LogP contribution in [0.2, 0.25) is 5.02 Å². The molecular weight excluding hydrogens is 380 g/mol. The lowest BCUT2D eigenvalue weighted by molar-refractivity contribution is 0.0927. The first-order valence-corrected chi connectivity index (χ1v) is 9.37. The Morgan fingerprint density at radius 1 is 1.11 bits per heavy atom. The van der Waals surface area contributed by atoms with E-state index in [4.69, 9.17) is 11.6 Å². The van der Waals surface area contributed by atoms with Crippen LogP contribution in [0.5, 0.6) is 0 Å². The average molecular weight is 399 g/mol. The number of carbonyl (C=O) groups is 1. The van der Waals surface area contributed by atoms with Gasteiger partial charge in [-0.2, -0.15) is 0 Å². The van der Waals surface area contributed by atoms with Gasteiger partial charge in [0, 0.05) is 19.1 Å². The molecular formula is C20H19ClN4O3. The second kappa shape index (κ2) is 6.91. The van der Waals surface area contributed by atoms with E-state index >= 15 is 0 Å². The van der Waals surface area contributed by atoms with Gasteiger partial charge in [-0.05, 0) is 48.6 Å². The van der Waals surface area contributed by atoms with Gasteiger partial charge < -0.3 is 5.32 Å². The highest BCUT2D eigenvalue weighted by Crippen LogP contribution is 2.41. The number of hydrogen-bond acceptors (Lipinski definition) is 4. The van der Waals surface area contributed by atoms with Crippen LogP contribution in [0, 0.1) is 5.92 Å². The number of amides is 1. The highest BCUT2D eigenvalue weighted by molar-refractivity contribution is 6.30. The molecule has 1 aromatic carbocycles. The van der Waals surface area contributed by atoms with Crippen LogP contribution in [0.3, 0.4) is 0 Å². The number of carbonyl (C=O) groups excluding carboxylic acids is 1. The van der Waals surface area contributed by atoms with Crippen molar-refractivity contribution in [2.75, 3.05) is 0 Å². The first-order chi connectivity index (χ1) is 13.4. The number of benzene rings is 1. The molecule has 3 aromatic rings. The maximum Gasteiger partial charge on any atom is 0.332 e. The van der Waals surface area contributed by atoms with Crippen LogP contribution in [0.25, 0.3) is 11.0 Å². The van der Waals surface area contributed by atoms with Gasteiger partial charge in [0.05, 0.1) is 11.4 Å². The van der Waals surface area contributed by atoms with Crippen molar-refractivity contribution in [1.82, 2.24) is 19.4 Å². The molecule has 144 valence electrons. The fourth-order valence-electron chi connectivity index (χ4n) is 3.37. The molecule has 1 saturated carbocycles. The van der Waals surface area contributed by atoms with Gasteiger partial charge in [0.1, 0.15) is 11.3 Å². The van der Waals surface area contributed by atoms with Crippen LogP contribution in [-0.2, 0) is 14.1 Å². The number of hydrogen-bond donors (Lipinski definition) is 1.